The predicted molar refractivity (Wildman–Crippen MR) is 77.0 cm³/mol. The summed E-state index contributed by atoms with van der Waals surface area (Å²) in [6.07, 6.45) is 2.30. The van der Waals surface area contributed by atoms with E-state index in [4.69, 9.17) is 11.6 Å². The Bertz CT molecular complexity index is 917. The summed E-state index contributed by atoms with van der Waals surface area (Å²) in [4.78, 5) is 26.7. The molecule has 0 aliphatic rings. The number of hydrogen-bond acceptors (Lipinski definition) is 5. The first-order valence-electron chi connectivity index (χ1n) is 5.64. The highest BCUT2D eigenvalue weighted by atomic mass is 35.5. The molecule has 0 unspecified atom stereocenters. The maximum Gasteiger partial charge on any atom is 0.330 e. The van der Waals surface area contributed by atoms with Crippen LogP contribution in [0, 0.1) is 0 Å². The Morgan fingerprint density at radius 1 is 1.29 bits per heavy atom. The van der Waals surface area contributed by atoms with Gasteiger partial charge in [0.25, 0.3) is 15.6 Å². The molecule has 0 aromatic carbocycles. The van der Waals surface area contributed by atoms with Gasteiger partial charge in [0, 0.05) is 26.5 Å². The average Bonchev–Trinajstić information content (AvgIpc) is 2.42. The second-order valence-corrected chi connectivity index (χ2v) is 6.25. The number of halogens is 1. The fourth-order valence-electron chi connectivity index (χ4n) is 1.60. The molecule has 1 N–H and O–H groups in total. The van der Waals surface area contributed by atoms with Crippen molar-refractivity contribution in [1.29, 1.82) is 0 Å². The molecule has 2 aromatic heterocycles. The Labute approximate surface area is 124 Å². The average molecular weight is 331 g/mol. The Hall–Kier alpha value is -2.13. The lowest BCUT2D eigenvalue weighted by Crippen LogP contribution is -2.40. The lowest BCUT2D eigenvalue weighted by atomic mass is 10.5. The molecule has 2 aromatic rings. The molecule has 0 saturated carbocycles. The zero-order valence-corrected chi connectivity index (χ0v) is 12.6. The Morgan fingerprint density at radius 2 is 1.95 bits per heavy atom. The monoisotopic (exact) mass is 330 g/mol. The van der Waals surface area contributed by atoms with Crippen LogP contribution in [0.2, 0.25) is 5.02 Å². The van der Waals surface area contributed by atoms with Crippen LogP contribution in [0.25, 0.3) is 0 Å². The third-order valence-electron chi connectivity index (χ3n) is 2.69. The van der Waals surface area contributed by atoms with Gasteiger partial charge in [-0.2, -0.15) is 0 Å². The molecule has 112 valence electrons. The normalized spacial score (nSPS) is 11.4. The van der Waals surface area contributed by atoms with Crippen LogP contribution >= 0.6 is 11.6 Å². The zero-order valence-electron chi connectivity index (χ0n) is 11.1. The van der Waals surface area contributed by atoms with Gasteiger partial charge in [-0.05, 0) is 12.1 Å². The number of nitrogens with zero attached hydrogens (tertiary/aromatic N) is 3. The van der Waals surface area contributed by atoms with E-state index < -0.39 is 26.2 Å². The highest BCUT2D eigenvalue weighted by Crippen LogP contribution is 2.20. The van der Waals surface area contributed by atoms with Gasteiger partial charge in [0.05, 0.1) is 5.02 Å². The summed E-state index contributed by atoms with van der Waals surface area (Å²) in [6, 6.07) is 2.98. The van der Waals surface area contributed by atoms with Crippen molar-refractivity contribution in [1.82, 2.24) is 14.1 Å². The van der Waals surface area contributed by atoms with Crippen molar-refractivity contribution in [3.05, 3.63) is 50.4 Å². The fourth-order valence-corrected chi connectivity index (χ4v) is 3.02. The number of rotatable bonds is 3. The molecule has 2 rings (SSSR count). The van der Waals surface area contributed by atoms with Gasteiger partial charge in [0.2, 0.25) is 0 Å². The molecule has 2 heterocycles. The summed E-state index contributed by atoms with van der Waals surface area (Å²) in [6.45, 7) is 0. The predicted octanol–water partition coefficient (Wildman–Crippen LogP) is -0.0668. The summed E-state index contributed by atoms with van der Waals surface area (Å²) < 4.78 is 28.3. The van der Waals surface area contributed by atoms with Crippen molar-refractivity contribution in [3.63, 3.8) is 0 Å². The molecule has 10 heteroatoms. The molecule has 0 atom stereocenters. The summed E-state index contributed by atoms with van der Waals surface area (Å²) in [5.74, 6) is -0.102. The minimum Gasteiger partial charge on any atom is -0.302 e. The highest BCUT2D eigenvalue weighted by Gasteiger charge is 2.22. The first kappa shape index (κ1) is 15.3. The van der Waals surface area contributed by atoms with Crippen molar-refractivity contribution >= 4 is 27.4 Å². The summed E-state index contributed by atoms with van der Waals surface area (Å²) in [7, 11) is -1.68. The van der Waals surface area contributed by atoms with E-state index in [0.717, 1.165) is 10.8 Å². The summed E-state index contributed by atoms with van der Waals surface area (Å²) in [5.41, 5.74) is -1.56. The number of sulfonamides is 1. The number of hydrogen-bond donors (Lipinski definition) is 1. The molecule has 0 aliphatic heterocycles. The second kappa shape index (κ2) is 5.34. The zero-order chi connectivity index (χ0) is 15.8. The van der Waals surface area contributed by atoms with E-state index in [1.54, 1.807) is 0 Å². The number of aromatic nitrogens is 3. The van der Waals surface area contributed by atoms with Gasteiger partial charge in [-0.15, -0.1) is 0 Å². The smallest absolute Gasteiger partial charge is 0.302 e. The minimum absolute atomic E-state index is 0.0859. The SMILES string of the molecule is Cn1cc(S(=O)(=O)Nc2ncccc2Cl)c(=O)n(C)c1=O. The van der Waals surface area contributed by atoms with Gasteiger partial charge in [-0.1, -0.05) is 11.6 Å². The summed E-state index contributed by atoms with van der Waals surface area (Å²) in [5, 5.41) is 0.0859. The van der Waals surface area contributed by atoms with E-state index in [2.05, 4.69) is 9.71 Å². The standard InChI is InChI=1S/C11H11ClN4O4S/c1-15-6-8(10(17)16(2)11(15)18)21(19,20)14-9-7(12)4-3-5-13-9/h3-6H,1-2H3,(H,13,14). The summed E-state index contributed by atoms with van der Waals surface area (Å²) >= 11 is 5.82. The van der Waals surface area contributed by atoms with Crippen molar-refractivity contribution < 1.29 is 8.42 Å². The van der Waals surface area contributed by atoms with Gasteiger partial charge < -0.3 is 4.57 Å². The molecule has 8 nitrogen and oxygen atoms in total. The number of aryl methyl sites for hydroxylation is 1. The molecule has 0 saturated heterocycles. The van der Waals surface area contributed by atoms with E-state index in [1.807, 2.05) is 0 Å². The van der Waals surface area contributed by atoms with Crippen molar-refractivity contribution in [2.45, 2.75) is 4.90 Å². The van der Waals surface area contributed by atoms with Gasteiger partial charge in [-0.25, -0.2) is 18.2 Å². The van der Waals surface area contributed by atoms with Crippen molar-refractivity contribution in [2.75, 3.05) is 4.72 Å². The van der Waals surface area contributed by atoms with E-state index in [9.17, 15) is 18.0 Å². The van der Waals surface area contributed by atoms with Crippen LogP contribution in [0.3, 0.4) is 0 Å². The first-order valence-corrected chi connectivity index (χ1v) is 7.50. The van der Waals surface area contributed by atoms with Crippen LogP contribution in [0.15, 0.2) is 39.0 Å². The van der Waals surface area contributed by atoms with Gasteiger partial charge in [0.15, 0.2) is 10.7 Å². The van der Waals surface area contributed by atoms with E-state index in [0.29, 0.717) is 4.57 Å². The van der Waals surface area contributed by atoms with Gasteiger partial charge >= 0.3 is 5.69 Å². The molecule has 0 fully saturated rings. The topological polar surface area (TPSA) is 103 Å². The van der Waals surface area contributed by atoms with Crippen LogP contribution in [-0.2, 0) is 24.1 Å². The van der Waals surface area contributed by atoms with Crippen molar-refractivity contribution in [3.8, 4) is 0 Å². The maximum atomic E-state index is 12.3. The van der Waals surface area contributed by atoms with E-state index in [-0.39, 0.29) is 10.8 Å². The van der Waals surface area contributed by atoms with Gasteiger partial charge in [0.1, 0.15) is 0 Å². The van der Waals surface area contributed by atoms with Crippen LogP contribution < -0.4 is 16.0 Å². The van der Waals surface area contributed by atoms with Crippen molar-refractivity contribution in [2.24, 2.45) is 14.1 Å². The first-order chi connectivity index (χ1) is 9.74. The largest absolute Gasteiger partial charge is 0.330 e. The molecular weight excluding hydrogens is 320 g/mol. The molecular formula is C11H11ClN4O4S. The fraction of sp³-hybridized carbons (Fsp3) is 0.182. The second-order valence-electron chi connectivity index (χ2n) is 4.19. The van der Waals surface area contributed by atoms with E-state index in [1.165, 1.54) is 32.4 Å². The lowest BCUT2D eigenvalue weighted by molar-refractivity contribution is 0.589. The lowest BCUT2D eigenvalue weighted by Gasteiger charge is -2.10. The molecule has 0 aliphatic carbocycles. The van der Waals surface area contributed by atoms with Crippen LogP contribution in [0.1, 0.15) is 0 Å². The third-order valence-corrected chi connectivity index (χ3v) is 4.32. The number of nitrogens with one attached hydrogen (secondary N) is 1. The van der Waals surface area contributed by atoms with Crippen LogP contribution in [0.5, 0.6) is 0 Å². The minimum atomic E-state index is -4.22. The maximum absolute atomic E-state index is 12.3. The van der Waals surface area contributed by atoms with E-state index >= 15 is 0 Å². The number of anilines is 1. The number of pyridine rings is 1. The highest BCUT2D eigenvalue weighted by molar-refractivity contribution is 7.92. The molecule has 0 radical (unpaired) electrons. The Kier molecular flexibility index (Phi) is 3.88. The molecule has 0 bridgehead atoms. The Balaban J connectivity index is 2.59. The van der Waals surface area contributed by atoms with Gasteiger partial charge in [-0.3, -0.25) is 14.1 Å². The van der Waals surface area contributed by atoms with Crippen LogP contribution in [0.4, 0.5) is 5.82 Å². The molecule has 0 amide bonds. The quantitative estimate of drug-likeness (QED) is 0.848. The molecule has 0 spiro atoms. The third kappa shape index (κ3) is 2.83. The molecule has 21 heavy (non-hydrogen) atoms. The van der Waals surface area contributed by atoms with Crippen LogP contribution in [-0.4, -0.2) is 22.5 Å². The Morgan fingerprint density at radius 3 is 2.57 bits per heavy atom.